The van der Waals surface area contributed by atoms with E-state index in [1.807, 2.05) is 36.3 Å². The lowest BCUT2D eigenvalue weighted by Gasteiger charge is -2.41. The normalized spacial score (nSPS) is 21.2. The second kappa shape index (κ2) is 8.45. The number of hydrogen-bond acceptors (Lipinski definition) is 3. The van der Waals surface area contributed by atoms with E-state index in [1.54, 1.807) is 0 Å². The quantitative estimate of drug-likeness (QED) is 0.786. The van der Waals surface area contributed by atoms with Crippen LogP contribution >= 0.6 is 15.9 Å². The molecule has 0 N–H and O–H groups in total. The standard InChI is InChI=1S/C19H27BrN2O2/c1-24-18-8-12-21(13-9-18)17-6-10-22(11-7-17)19(23)14-15-2-4-16(20)5-3-15/h2-5,17-18H,6-14H2,1H3. The lowest BCUT2D eigenvalue weighted by atomic mass is 9.98. The molecule has 2 heterocycles. The van der Waals surface area contributed by atoms with Gasteiger partial charge in [0.1, 0.15) is 0 Å². The largest absolute Gasteiger partial charge is 0.381 e. The molecule has 0 aromatic heterocycles. The minimum Gasteiger partial charge on any atom is -0.381 e. The molecule has 0 atom stereocenters. The van der Waals surface area contributed by atoms with Gasteiger partial charge in [-0.15, -0.1) is 0 Å². The summed E-state index contributed by atoms with van der Waals surface area (Å²) in [6.45, 7) is 4.06. The van der Waals surface area contributed by atoms with Gasteiger partial charge in [-0.2, -0.15) is 0 Å². The third-order valence-electron chi connectivity index (χ3n) is 5.41. The van der Waals surface area contributed by atoms with Gasteiger partial charge in [-0.25, -0.2) is 0 Å². The van der Waals surface area contributed by atoms with E-state index in [-0.39, 0.29) is 5.91 Å². The Morgan fingerprint density at radius 1 is 1.08 bits per heavy atom. The van der Waals surface area contributed by atoms with E-state index in [0.29, 0.717) is 18.6 Å². The molecule has 0 aliphatic carbocycles. The first kappa shape index (κ1) is 17.9. The van der Waals surface area contributed by atoms with E-state index in [4.69, 9.17) is 4.74 Å². The number of nitrogens with zero attached hydrogens (tertiary/aromatic N) is 2. The van der Waals surface area contributed by atoms with E-state index < -0.39 is 0 Å². The fraction of sp³-hybridized carbons (Fsp3) is 0.632. The fourth-order valence-electron chi connectivity index (χ4n) is 3.85. The average Bonchev–Trinajstić information content (AvgIpc) is 2.64. The molecule has 132 valence electrons. The van der Waals surface area contributed by atoms with Crippen LogP contribution in [0.4, 0.5) is 0 Å². The van der Waals surface area contributed by atoms with E-state index in [9.17, 15) is 4.79 Å². The van der Waals surface area contributed by atoms with Crippen LogP contribution in [0.2, 0.25) is 0 Å². The van der Waals surface area contributed by atoms with Crippen LogP contribution in [0.5, 0.6) is 0 Å². The number of hydrogen-bond donors (Lipinski definition) is 0. The number of methoxy groups -OCH3 is 1. The lowest BCUT2D eigenvalue weighted by molar-refractivity contribution is -0.132. The molecular formula is C19H27BrN2O2. The Kier molecular flexibility index (Phi) is 6.31. The number of carbonyl (C=O) groups excluding carboxylic acids is 1. The van der Waals surface area contributed by atoms with Crippen molar-refractivity contribution in [3.8, 4) is 0 Å². The molecule has 0 unspecified atom stereocenters. The highest BCUT2D eigenvalue weighted by Gasteiger charge is 2.29. The summed E-state index contributed by atoms with van der Waals surface area (Å²) in [5.41, 5.74) is 1.09. The smallest absolute Gasteiger partial charge is 0.226 e. The minimum atomic E-state index is 0.258. The molecule has 1 aromatic rings. The zero-order valence-electron chi connectivity index (χ0n) is 14.4. The number of ether oxygens (including phenoxy) is 1. The maximum atomic E-state index is 12.5. The highest BCUT2D eigenvalue weighted by atomic mass is 79.9. The van der Waals surface area contributed by atoms with Gasteiger partial charge in [0.15, 0.2) is 0 Å². The Morgan fingerprint density at radius 2 is 1.71 bits per heavy atom. The van der Waals surface area contributed by atoms with Crippen molar-refractivity contribution in [2.75, 3.05) is 33.3 Å². The predicted octanol–water partition coefficient (Wildman–Crippen LogP) is 3.09. The van der Waals surface area contributed by atoms with Gasteiger partial charge >= 0.3 is 0 Å². The van der Waals surface area contributed by atoms with Gasteiger partial charge in [-0.05, 0) is 43.4 Å². The molecule has 24 heavy (non-hydrogen) atoms. The van der Waals surface area contributed by atoms with Crippen LogP contribution in [-0.2, 0) is 16.0 Å². The van der Waals surface area contributed by atoms with Gasteiger partial charge in [0.05, 0.1) is 12.5 Å². The maximum Gasteiger partial charge on any atom is 0.226 e. The Hall–Kier alpha value is -0.910. The molecule has 0 spiro atoms. The number of rotatable bonds is 4. The van der Waals surface area contributed by atoms with Crippen LogP contribution in [-0.4, -0.2) is 61.1 Å². The molecule has 0 bridgehead atoms. The average molecular weight is 395 g/mol. The van der Waals surface area contributed by atoms with E-state index in [0.717, 1.165) is 61.9 Å². The van der Waals surface area contributed by atoms with Gasteiger partial charge in [-0.3, -0.25) is 4.79 Å². The summed E-state index contributed by atoms with van der Waals surface area (Å²) < 4.78 is 6.51. The summed E-state index contributed by atoms with van der Waals surface area (Å²) in [6, 6.07) is 8.68. The van der Waals surface area contributed by atoms with Crippen molar-refractivity contribution in [2.24, 2.45) is 0 Å². The Balaban J connectivity index is 1.44. The van der Waals surface area contributed by atoms with Crippen molar-refractivity contribution in [3.63, 3.8) is 0 Å². The second-order valence-electron chi connectivity index (χ2n) is 6.89. The molecule has 4 nitrogen and oxygen atoms in total. The van der Waals surface area contributed by atoms with Crippen molar-refractivity contribution < 1.29 is 9.53 Å². The van der Waals surface area contributed by atoms with Crippen molar-refractivity contribution in [1.29, 1.82) is 0 Å². The third kappa shape index (κ3) is 4.58. The first-order valence-corrected chi connectivity index (χ1v) is 9.74. The molecule has 2 saturated heterocycles. The van der Waals surface area contributed by atoms with Gasteiger partial charge in [0.2, 0.25) is 5.91 Å². The SMILES string of the molecule is COC1CCN(C2CCN(C(=O)Cc3ccc(Br)cc3)CC2)CC1. The van der Waals surface area contributed by atoms with Crippen LogP contribution in [0.15, 0.2) is 28.7 Å². The van der Waals surface area contributed by atoms with Gasteiger partial charge in [0.25, 0.3) is 0 Å². The van der Waals surface area contributed by atoms with E-state index in [2.05, 4.69) is 20.8 Å². The summed E-state index contributed by atoms with van der Waals surface area (Å²) in [5, 5.41) is 0. The molecule has 5 heteroatoms. The number of halogens is 1. The van der Waals surface area contributed by atoms with E-state index >= 15 is 0 Å². The number of benzene rings is 1. The van der Waals surface area contributed by atoms with Crippen LogP contribution in [0.25, 0.3) is 0 Å². The monoisotopic (exact) mass is 394 g/mol. The molecule has 0 saturated carbocycles. The summed E-state index contributed by atoms with van der Waals surface area (Å²) in [7, 11) is 1.82. The fourth-order valence-corrected chi connectivity index (χ4v) is 4.11. The third-order valence-corrected chi connectivity index (χ3v) is 5.94. The lowest BCUT2D eigenvalue weighted by Crippen LogP contribution is -2.50. The van der Waals surface area contributed by atoms with Crippen LogP contribution in [0.3, 0.4) is 0 Å². The molecule has 3 rings (SSSR count). The van der Waals surface area contributed by atoms with Crippen LogP contribution < -0.4 is 0 Å². The van der Waals surface area contributed by atoms with Crippen LogP contribution in [0.1, 0.15) is 31.2 Å². The van der Waals surface area contributed by atoms with E-state index in [1.165, 1.54) is 0 Å². The number of likely N-dealkylation sites (tertiary alicyclic amines) is 2. The molecule has 2 fully saturated rings. The van der Waals surface area contributed by atoms with Crippen molar-refractivity contribution >= 4 is 21.8 Å². The van der Waals surface area contributed by atoms with Crippen molar-refractivity contribution in [3.05, 3.63) is 34.3 Å². The molecular weight excluding hydrogens is 368 g/mol. The predicted molar refractivity (Wildman–Crippen MR) is 99.1 cm³/mol. The first-order valence-electron chi connectivity index (χ1n) is 8.95. The Labute approximate surface area is 153 Å². The summed E-state index contributed by atoms with van der Waals surface area (Å²) in [5.74, 6) is 0.258. The second-order valence-corrected chi connectivity index (χ2v) is 7.80. The summed E-state index contributed by atoms with van der Waals surface area (Å²) in [4.78, 5) is 17.1. The number of piperidine rings is 2. The minimum absolute atomic E-state index is 0.258. The molecule has 2 aliphatic heterocycles. The van der Waals surface area contributed by atoms with Gasteiger partial charge in [0, 0.05) is 43.8 Å². The molecule has 2 aliphatic rings. The Morgan fingerprint density at radius 3 is 2.29 bits per heavy atom. The highest BCUT2D eigenvalue weighted by molar-refractivity contribution is 9.10. The summed E-state index contributed by atoms with van der Waals surface area (Å²) in [6.07, 6.45) is 5.43. The Bertz CT molecular complexity index is 533. The zero-order valence-corrected chi connectivity index (χ0v) is 16.0. The topological polar surface area (TPSA) is 32.8 Å². The highest BCUT2D eigenvalue weighted by Crippen LogP contribution is 2.22. The molecule has 1 amide bonds. The van der Waals surface area contributed by atoms with Crippen molar-refractivity contribution in [2.45, 2.75) is 44.2 Å². The molecule has 0 radical (unpaired) electrons. The first-order chi connectivity index (χ1) is 11.7. The molecule has 1 aromatic carbocycles. The van der Waals surface area contributed by atoms with Gasteiger partial charge in [-0.1, -0.05) is 28.1 Å². The van der Waals surface area contributed by atoms with Crippen molar-refractivity contribution in [1.82, 2.24) is 9.80 Å². The maximum absolute atomic E-state index is 12.5. The summed E-state index contributed by atoms with van der Waals surface area (Å²) >= 11 is 3.43. The number of amides is 1. The number of carbonyl (C=O) groups is 1. The van der Waals surface area contributed by atoms with Gasteiger partial charge < -0.3 is 14.5 Å². The zero-order chi connectivity index (χ0) is 16.9. The van der Waals surface area contributed by atoms with Crippen LogP contribution in [0, 0.1) is 0 Å².